The number of nitrogens with zero attached hydrogens (tertiary/aromatic N) is 4. The first-order valence-corrected chi connectivity index (χ1v) is 8.62. The topological polar surface area (TPSA) is 67.8 Å². The summed E-state index contributed by atoms with van der Waals surface area (Å²) in [6.45, 7) is 6.79. The van der Waals surface area contributed by atoms with Crippen LogP contribution >= 0.6 is 0 Å². The summed E-state index contributed by atoms with van der Waals surface area (Å²) in [4.78, 5) is 25.1. The first-order valence-electron chi connectivity index (χ1n) is 8.62. The number of carbonyl (C=O) groups is 1. The van der Waals surface area contributed by atoms with Crippen LogP contribution in [0.4, 0.5) is 5.82 Å². The van der Waals surface area contributed by atoms with Crippen LogP contribution < -0.4 is 4.90 Å². The van der Waals surface area contributed by atoms with Crippen molar-refractivity contribution in [3.8, 4) is 0 Å². The Morgan fingerprint density at radius 1 is 1.33 bits per heavy atom. The third kappa shape index (κ3) is 4.02. The molecule has 0 spiro atoms. The molecule has 2 saturated heterocycles. The van der Waals surface area contributed by atoms with E-state index in [1.807, 2.05) is 4.90 Å². The van der Waals surface area contributed by atoms with E-state index in [-0.39, 0.29) is 5.91 Å². The molecule has 1 atom stereocenters. The lowest BCUT2D eigenvalue weighted by atomic mass is 10.0. The number of carbonyl (C=O) groups excluding carboxylic acids is 1. The van der Waals surface area contributed by atoms with Crippen LogP contribution in [-0.4, -0.2) is 67.3 Å². The van der Waals surface area contributed by atoms with Crippen molar-refractivity contribution in [3.05, 3.63) is 17.6 Å². The fraction of sp³-hybridized carbons (Fsp3) is 0.706. The molecule has 0 unspecified atom stereocenters. The molecule has 1 aromatic heterocycles. The Balaban J connectivity index is 1.81. The van der Waals surface area contributed by atoms with Crippen molar-refractivity contribution in [3.63, 3.8) is 0 Å². The van der Waals surface area contributed by atoms with Crippen molar-refractivity contribution in [1.82, 2.24) is 14.9 Å². The normalized spacial score (nSPS) is 21.8. The highest BCUT2D eigenvalue weighted by molar-refractivity contribution is 5.73. The Hall–Kier alpha value is -1.73. The third-order valence-corrected chi connectivity index (χ3v) is 4.67. The number of hydrogen-bond donors (Lipinski definition) is 0. The van der Waals surface area contributed by atoms with Crippen molar-refractivity contribution in [2.75, 3.05) is 51.4 Å². The Bertz CT molecular complexity index is 575. The molecule has 3 heterocycles. The number of amides is 1. The van der Waals surface area contributed by atoms with Gasteiger partial charge in [-0.2, -0.15) is 0 Å². The predicted octanol–water partition coefficient (Wildman–Crippen LogP) is 1.19. The summed E-state index contributed by atoms with van der Waals surface area (Å²) in [5.74, 6) is 2.13. The standard InChI is InChI=1S/C17H26N4O3/c1-13(22)20-5-3-6-21(8-7-20)17-10-15(14-4-9-24-11-14)18-16(19-17)12-23-2/h10,14H,3-9,11-12H2,1-2H3/t14-/m1/s1. The first kappa shape index (κ1) is 17.1. The number of anilines is 1. The van der Waals surface area contributed by atoms with Crippen LogP contribution in [0.15, 0.2) is 6.07 Å². The number of methoxy groups -OCH3 is 1. The zero-order chi connectivity index (χ0) is 16.9. The molecule has 0 saturated carbocycles. The maximum Gasteiger partial charge on any atom is 0.219 e. The lowest BCUT2D eigenvalue weighted by Crippen LogP contribution is -2.34. The van der Waals surface area contributed by atoms with Gasteiger partial charge in [-0.3, -0.25) is 4.79 Å². The third-order valence-electron chi connectivity index (χ3n) is 4.67. The molecule has 3 rings (SSSR count). The molecular formula is C17H26N4O3. The van der Waals surface area contributed by atoms with Crippen molar-refractivity contribution in [2.45, 2.75) is 32.3 Å². The highest BCUT2D eigenvalue weighted by atomic mass is 16.5. The van der Waals surface area contributed by atoms with Gasteiger partial charge in [0.2, 0.25) is 5.91 Å². The molecule has 0 aliphatic carbocycles. The van der Waals surface area contributed by atoms with Gasteiger partial charge in [-0.15, -0.1) is 0 Å². The molecule has 1 amide bonds. The summed E-state index contributed by atoms with van der Waals surface area (Å²) in [5.41, 5.74) is 1.04. The van der Waals surface area contributed by atoms with E-state index in [2.05, 4.69) is 20.9 Å². The molecule has 0 bridgehead atoms. The van der Waals surface area contributed by atoms with Gasteiger partial charge in [0, 0.05) is 58.8 Å². The summed E-state index contributed by atoms with van der Waals surface area (Å²) in [5, 5.41) is 0. The van der Waals surface area contributed by atoms with E-state index in [0.29, 0.717) is 18.3 Å². The highest BCUT2D eigenvalue weighted by Gasteiger charge is 2.23. The van der Waals surface area contributed by atoms with E-state index < -0.39 is 0 Å². The number of rotatable bonds is 4. The summed E-state index contributed by atoms with van der Waals surface area (Å²) in [6, 6.07) is 2.09. The van der Waals surface area contributed by atoms with E-state index in [4.69, 9.17) is 9.47 Å². The summed E-state index contributed by atoms with van der Waals surface area (Å²) >= 11 is 0. The number of hydrogen-bond acceptors (Lipinski definition) is 6. The minimum atomic E-state index is 0.142. The van der Waals surface area contributed by atoms with E-state index in [9.17, 15) is 4.79 Å². The SMILES string of the molecule is COCc1nc([C@@H]2CCOC2)cc(N2CCCN(C(C)=O)CC2)n1. The minimum absolute atomic E-state index is 0.142. The molecule has 2 aliphatic heterocycles. The molecule has 7 heteroatoms. The second kappa shape index (κ2) is 7.90. The van der Waals surface area contributed by atoms with E-state index in [1.165, 1.54) is 0 Å². The van der Waals surface area contributed by atoms with Crippen LogP contribution in [0.1, 0.15) is 37.2 Å². The summed E-state index contributed by atoms with van der Waals surface area (Å²) in [7, 11) is 1.66. The number of ether oxygens (including phenoxy) is 2. The van der Waals surface area contributed by atoms with Gasteiger partial charge in [0.05, 0.1) is 12.3 Å². The largest absolute Gasteiger partial charge is 0.381 e. The van der Waals surface area contributed by atoms with Crippen LogP contribution in [0.2, 0.25) is 0 Å². The Morgan fingerprint density at radius 3 is 2.92 bits per heavy atom. The van der Waals surface area contributed by atoms with Crippen LogP contribution in [0, 0.1) is 0 Å². The highest BCUT2D eigenvalue weighted by Crippen LogP contribution is 2.26. The predicted molar refractivity (Wildman–Crippen MR) is 90.0 cm³/mol. The average Bonchev–Trinajstić information content (AvgIpc) is 2.99. The molecule has 2 fully saturated rings. The lowest BCUT2D eigenvalue weighted by Gasteiger charge is -2.23. The Kier molecular flexibility index (Phi) is 5.63. The van der Waals surface area contributed by atoms with Gasteiger partial charge in [0.25, 0.3) is 0 Å². The van der Waals surface area contributed by atoms with Crippen molar-refractivity contribution in [2.24, 2.45) is 0 Å². The van der Waals surface area contributed by atoms with Gasteiger partial charge in [-0.1, -0.05) is 0 Å². The van der Waals surface area contributed by atoms with Crippen molar-refractivity contribution < 1.29 is 14.3 Å². The van der Waals surface area contributed by atoms with Crippen LogP contribution in [0.3, 0.4) is 0 Å². The summed E-state index contributed by atoms with van der Waals surface area (Å²) < 4.78 is 10.7. The van der Waals surface area contributed by atoms with Crippen molar-refractivity contribution >= 4 is 11.7 Å². The smallest absolute Gasteiger partial charge is 0.219 e. The zero-order valence-corrected chi connectivity index (χ0v) is 14.5. The van der Waals surface area contributed by atoms with Crippen LogP contribution in [0.5, 0.6) is 0 Å². The molecule has 0 aromatic carbocycles. The van der Waals surface area contributed by atoms with E-state index >= 15 is 0 Å². The maximum absolute atomic E-state index is 11.6. The second-order valence-corrected chi connectivity index (χ2v) is 6.41. The van der Waals surface area contributed by atoms with E-state index in [0.717, 1.165) is 63.7 Å². The molecule has 24 heavy (non-hydrogen) atoms. The quantitative estimate of drug-likeness (QED) is 0.824. The minimum Gasteiger partial charge on any atom is -0.381 e. The maximum atomic E-state index is 11.6. The van der Waals surface area contributed by atoms with Gasteiger partial charge in [-0.25, -0.2) is 9.97 Å². The fourth-order valence-corrected chi connectivity index (χ4v) is 3.30. The number of aromatic nitrogens is 2. The molecule has 0 radical (unpaired) electrons. The second-order valence-electron chi connectivity index (χ2n) is 6.41. The van der Waals surface area contributed by atoms with Gasteiger partial charge in [0.15, 0.2) is 5.82 Å². The molecule has 7 nitrogen and oxygen atoms in total. The molecule has 0 N–H and O–H groups in total. The van der Waals surface area contributed by atoms with Gasteiger partial charge in [-0.05, 0) is 12.8 Å². The molecule has 2 aliphatic rings. The van der Waals surface area contributed by atoms with Gasteiger partial charge in [0.1, 0.15) is 12.4 Å². The average molecular weight is 334 g/mol. The lowest BCUT2D eigenvalue weighted by molar-refractivity contribution is -0.128. The van der Waals surface area contributed by atoms with Crippen LogP contribution in [0.25, 0.3) is 0 Å². The molecular weight excluding hydrogens is 308 g/mol. The van der Waals surface area contributed by atoms with E-state index in [1.54, 1.807) is 14.0 Å². The fourth-order valence-electron chi connectivity index (χ4n) is 3.30. The first-order chi connectivity index (χ1) is 11.7. The molecule has 1 aromatic rings. The van der Waals surface area contributed by atoms with Gasteiger partial charge >= 0.3 is 0 Å². The zero-order valence-electron chi connectivity index (χ0n) is 14.5. The summed E-state index contributed by atoms with van der Waals surface area (Å²) in [6.07, 6.45) is 1.95. The van der Waals surface area contributed by atoms with Gasteiger partial charge < -0.3 is 19.3 Å². The Morgan fingerprint density at radius 2 is 2.21 bits per heavy atom. The van der Waals surface area contributed by atoms with Crippen molar-refractivity contribution in [1.29, 1.82) is 0 Å². The van der Waals surface area contributed by atoms with Crippen LogP contribution in [-0.2, 0) is 20.9 Å². The Labute approximate surface area is 143 Å². The monoisotopic (exact) mass is 334 g/mol. The molecule has 132 valence electrons.